The molecule has 6 heteroatoms. The first-order chi connectivity index (χ1) is 8.31. The van der Waals surface area contributed by atoms with Crippen LogP contribution in [0.5, 0.6) is 0 Å². The average molecular weight is 263 g/mol. The van der Waals surface area contributed by atoms with Crippen molar-refractivity contribution in [3.05, 3.63) is 41.1 Å². The molecule has 2 heterocycles. The number of nitrogens with one attached hydrogen (secondary N) is 1. The van der Waals surface area contributed by atoms with Gasteiger partial charge < -0.3 is 5.32 Å². The number of anilines is 2. The predicted molar refractivity (Wildman–Crippen MR) is 69.9 cm³/mol. The second kappa shape index (κ2) is 4.27. The minimum absolute atomic E-state index is 0.522. The zero-order valence-electron chi connectivity index (χ0n) is 8.59. The first-order valence-electron chi connectivity index (χ1n) is 4.89. The standard InChI is InChI=1S/C11H7ClN4S/c12-7-4-13-11(14-5-7)16-8-1-2-9-10(3-8)17-6-15-9/h1-6H,(H,13,14,16). The molecule has 0 amide bonds. The Balaban J connectivity index is 1.91. The number of nitrogens with zero attached hydrogens (tertiary/aromatic N) is 3. The lowest BCUT2D eigenvalue weighted by atomic mass is 10.3. The number of rotatable bonds is 2. The molecule has 0 spiro atoms. The van der Waals surface area contributed by atoms with Crippen LogP contribution in [0.1, 0.15) is 0 Å². The van der Waals surface area contributed by atoms with Crippen LogP contribution in [0.3, 0.4) is 0 Å². The minimum atomic E-state index is 0.522. The van der Waals surface area contributed by atoms with Crippen LogP contribution in [0, 0.1) is 0 Å². The van der Waals surface area contributed by atoms with Crippen LogP contribution in [0.2, 0.25) is 5.02 Å². The third-order valence-electron chi connectivity index (χ3n) is 2.21. The van der Waals surface area contributed by atoms with Crippen molar-refractivity contribution in [3.8, 4) is 0 Å². The largest absolute Gasteiger partial charge is 0.324 e. The van der Waals surface area contributed by atoms with E-state index in [1.165, 1.54) is 0 Å². The lowest BCUT2D eigenvalue weighted by Crippen LogP contribution is -1.95. The fraction of sp³-hybridized carbons (Fsp3) is 0. The Hall–Kier alpha value is -1.72. The third kappa shape index (κ3) is 2.20. The van der Waals surface area contributed by atoms with Gasteiger partial charge in [0.2, 0.25) is 5.95 Å². The van der Waals surface area contributed by atoms with E-state index >= 15 is 0 Å². The summed E-state index contributed by atoms with van der Waals surface area (Å²) in [7, 11) is 0. The van der Waals surface area contributed by atoms with Crippen LogP contribution in [-0.4, -0.2) is 15.0 Å². The van der Waals surface area contributed by atoms with E-state index in [0.717, 1.165) is 15.9 Å². The molecule has 0 saturated heterocycles. The second-order valence-corrected chi connectivity index (χ2v) is 4.71. The van der Waals surface area contributed by atoms with E-state index in [4.69, 9.17) is 11.6 Å². The highest BCUT2D eigenvalue weighted by Crippen LogP contribution is 2.23. The number of thiazole rings is 1. The number of aromatic nitrogens is 3. The fourth-order valence-corrected chi connectivity index (χ4v) is 2.25. The molecule has 17 heavy (non-hydrogen) atoms. The van der Waals surface area contributed by atoms with Gasteiger partial charge in [0.05, 0.1) is 33.1 Å². The lowest BCUT2D eigenvalue weighted by Gasteiger charge is -2.03. The summed E-state index contributed by atoms with van der Waals surface area (Å²) in [5, 5.41) is 3.63. The molecule has 0 aliphatic rings. The van der Waals surface area contributed by atoms with Gasteiger partial charge in [0.25, 0.3) is 0 Å². The predicted octanol–water partition coefficient (Wildman–Crippen LogP) is 3.48. The summed E-state index contributed by atoms with van der Waals surface area (Å²) in [6.07, 6.45) is 3.12. The van der Waals surface area contributed by atoms with E-state index in [2.05, 4.69) is 20.3 Å². The van der Waals surface area contributed by atoms with Crippen molar-refractivity contribution in [1.29, 1.82) is 0 Å². The Morgan fingerprint density at radius 2 is 1.94 bits per heavy atom. The van der Waals surface area contributed by atoms with Gasteiger partial charge in [-0.05, 0) is 18.2 Å². The van der Waals surface area contributed by atoms with Crippen molar-refractivity contribution >= 4 is 44.8 Å². The highest BCUT2D eigenvalue weighted by Gasteiger charge is 2.01. The minimum Gasteiger partial charge on any atom is -0.324 e. The van der Waals surface area contributed by atoms with Crippen LogP contribution in [-0.2, 0) is 0 Å². The van der Waals surface area contributed by atoms with E-state index in [1.807, 2.05) is 23.7 Å². The van der Waals surface area contributed by atoms with Crippen molar-refractivity contribution in [2.45, 2.75) is 0 Å². The van der Waals surface area contributed by atoms with Crippen molar-refractivity contribution in [1.82, 2.24) is 15.0 Å². The summed E-state index contributed by atoms with van der Waals surface area (Å²) in [5.41, 5.74) is 3.76. The van der Waals surface area contributed by atoms with E-state index in [-0.39, 0.29) is 0 Å². The zero-order chi connectivity index (χ0) is 11.7. The van der Waals surface area contributed by atoms with Gasteiger partial charge in [-0.15, -0.1) is 11.3 Å². The molecule has 0 saturated carbocycles. The number of fused-ring (bicyclic) bond motifs is 1. The van der Waals surface area contributed by atoms with Crippen LogP contribution < -0.4 is 5.32 Å². The van der Waals surface area contributed by atoms with Gasteiger partial charge in [0.1, 0.15) is 0 Å². The van der Waals surface area contributed by atoms with E-state index in [9.17, 15) is 0 Å². The molecule has 0 radical (unpaired) electrons. The molecule has 2 aromatic heterocycles. The number of hydrogen-bond donors (Lipinski definition) is 1. The summed E-state index contributed by atoms with van der Waals surface area (Å²) < 4.78 is 1.13. The molecule has 84 valence electrons. The van der Waals surface area contributed by atoms with Gasteiger partial charge in [-0.2, -0.15) is 0 Å². The smallest absolute Gasteiger partial charge is 0.227 e. The molecule has 0 aliphatic heterocycles. The molecule has 1 N–H and O–H groups in total. The van der Waals surface area contributed by atoms with Crippen molar-refractivity contribution in [2.75, 3.05) is 5.32 Å². The van der Waals surface area contributed by atoms with Gasteiger partial charge in [-0.25, -0.2) is 15.0 Å². The van der Waals surface area contributed by atoms with Crippen molar-refractivity contribution in [2.24, 2.45) is 0 Å². The summed E-state index contributed by atoms with van der Waals surface area (Å²) in [5.74, 6) is 0.526. The Morgan fingerprint density at radius 3 is 2.76 bits per heavy atom. The van der Waals surface area contributed by atoms with Gasteiger partial charge in [-0.1, -0.05) is 11.6 Å². The fourth-order valence-electron chi connectivity index (χ4n) is 1.44. The zero-order valence-corrected chi connectivity index (χ0v) is 10.2. The summed E-state index contributed by atoms with van der Waals surface area (Å²) >= 11 is 7.32. The maximum Gasteiger partial charge on any atom is 0.227 e. The normalized spacial score (nSPS) is 10.6. The van der Waals surface area contributed by atoms with Gasteiger partial charge in [-0.3, -0.25) is 0 Å². The highest BCUT2D eigenvalue weighted by atomic mass is 35.5. The van der Waals surface area contributed by atoms with E-state index in [0.29, 0.717) is 11.0 Å². The average Bonchev–Trinajstić information content (AvgIpc) is 2.79. The van der Waals surface area contributed by atoms with Crippen molar-refractivity contribution in [3.63, 3.8) is 0 Å². The monoisotopic (exact) mass is 262 g/mol. The molecule has 3 aromatic rings. The maximum absolute atomic E-state index is 5.72. The molecular weight excluding hydrogens is 256 g/mol. The number of benzene rings is 1. The topological polar surface area (TPSA) is 50.7 Å². The lowest BCUT2D eigenvalue weighted by molar-refractivity contribution is 1.17. The van der Waals surface area contributed by atoms with Gasteiger partial charge in [0, 0.05) is 5.69 Å². The Morgan fingerprint density at radius 1 is 1.12 bits per heavy atom. The SMILES string of the molecule is Clc1cnc(Nc2ccc3ncsc3c2)nc1. The molecule has 3 rings (SSSR count). The first-order valence-corrected chi connectivity index (χ1v) is 6.15. The first kappa shape index (κ1) is 10.4. The third-order valence-corrected chi connectivity index (χ3v) is 3.19. The number of halogens is 1. The molecule has 1 aromatic carbocycles. The van der Waals surface area contributed by atoms with Crippen molar-refractivity contribution < 1.29 is 0 Å². The maximum atomic E-state index is 5.72. The summed E-state index contributed by atoms with van der Waals surface area (Å²) in [4.78, 5) is 12.4. The summed E-state index contributed by atoms with van der Waals surface area (Å²) in [6, 6.07) is 5.93. The van der Waals surface area contributed by atoms with E-state index in [1.54, 1.807) is 23.7 Å². The molecule has 0 unspecified atom stereocenters. The molecule has 0 bridgehead atoms. The summed E-state index contributed by atoms with van der Waals surface area (Å²) in [6.45, 7) is 0. The van der Waals surface area contributed by atoms with Crippen LogP contribution >= 0.6 is 22.9 Å². The second-order valence-electron chi connectivity index (χ2n) is 3.38. The molecule has 4 nitrogen and oxygen atoms in total. The molecule has 0 fully saturated rings. The highest BCUT2D eigenvalue weighted by molar-refractivity contribution is 7.16. The quantitative estimate of drug-likeness (QED) is 0.768. The molecule has 0 atom stereocenters. The molecular formula is C11H7ClN4S. The number of hydrogen-bond acceptors (Lipinski definition) is 5. The van der Waals surface area contributed by atoms with E-state index < -0.39 is 0 Å². The van der Waals surface area contributed by atoms with Gasteiger partial charge in [0.15, 0.2) is 0 Å². The Labute approximate surface area is 106 Å². The van der Waals surface area contributed by atoms with Crippen LogP contribution in [0.4, 0.5) is 11.6 Å². The van der Waals surface area contributed by atoms with Crippen LogP contribution in [0.15, 0.2) is 36.1 Å². The van der Waals surface area contributed by atoms with Gasteiger partial charge >= 0.3 is 0 Å². The Bertz CT molecular complexity index is 650. The van der Waals surface area contributed by atoms with Crippen LogP contribution in [0.25, 0.3) is 10.2 Å². The Kier molecular flexibility index (Phi) is 2.62. The molecule has 0 aliphatic carbocycles.